The number of carboxylic acids is 1. The van der Waals surface area contributed by atoms with Crippen LogP contribution in [-0.2, 0) is 9.53 Å². The van der Waals surface area contributed by atoms with Gasteiger partial charge in [-0.15, -0.1) is 0 Å². The molecule has 4 rings (SSSR count). The van der Waals surface area contributed by atoms with Crippen LogP contribution in [0.15, 0.2) is 42.5 Å². The maximum absolute atomic E-state index is 12.7. The fourth-order valence-corrected chi connectivity index (χ4v) is 5.58. The number of methoxy groups -OCH3 is 1. The van der Waals surface area contributed by atoms with Crippen molar-refractivity contribution in [2.24, 2.45) is 5.92 Å². The van der Waals surface area contributed by atoms with Crippen molar-refractivity contribution in [1.29, 1.82) is 0 Å². The highest BCUT2D eigenvalue weighted by Gasteiger charge is 2.41. The summed E-state index contributed by atoms with van der Waals surface area (Å²) in [7, 11) is 3.29. The fraction of sp³-hybridized carbons (Fsp3) is 0.533. The van der Waals surface area contributed by atoms with Crippen LogP contribution in [0.1, 0.15) is 67.3 Å². The van der Waals surface area contributed by atoms with Gasteiger partial charge in [-0.05, 0) is 61.2 Å². The third-order valence-corrected chi connectivity index (χ3v) is 7.77. The average molecular weight is 525 g/mol. The first-order valence-electron chi connectivity index (χ1n) is 13.6. The Morgan fingerprint density at radius 1 is 1.11 bits per heavy atom. The number of nitrogens with one attached hydrogen (secondary N) is 1. The predicted octanol–water partition coefficient (Wildman–Crippen LogP) is 5.18. The van der Waals surface area contributed by atoms with Gasteiger partial charge in [0.2, 0.25) is 0 Å². The number of fused-ring (bicyclic) bond motifs is 1. The number of carbonyl (C=O) groups excluding carboxylic acids is 1. The van der Waals surface area contributed by atoms with E-state index in [0.717, 1.165) is 35.6 Å². The Balaban J connectivity index is 1.48. The van der Waals surface area contributed by atoms with Gasteiger partial charge in [0.25, 0.3) is 5.91 Å². The normalized spacial score (nSPS) is 19.8. The topological polar surface area (TPSA) is 97.3 Å². The molecule has 2 aromatic carbocycles. The van der Waals surface area contributed by atoms with Gasteiger partial charge in [0.05, 0.1) is 19.1 Å². The Bertz CT molecular complexity index is 1080. The van der Waals surface area contributed by atoms with E-state index in [1.165, 1.54) is 24.2 Å². The third-order valence-electron chi connectivity index (χ3n) is 7.77. The van der Waals surface area contributed by atoms with Gasteiger partial charge in [-0.1, -0.05) is 26.2 Å². The van der Waals surface area contributed by atoms with Crippen molar-refractivity contribution in [2.45, 2.75) is 63.5 Å². The van der Waals surface area contributed by atoms with Crippen molar-refractivity contribution in [3.63, 3.8) is 0 Å². The number of nitrogens with zero attached hydrogens (tertiary/aromatic N) is 1. The molecule has 2 N–H and O–H groups in total. The second-order valence-electron chi connectivity index (χ2n) is 10.4. The summed E-state index contributed by atoms with van der Waals surface area (Å²) in [6, 6.07) is 13.6. The minimum Gasteiger partial charge on any atom is -0.491 e. The molecule has 0 spiro atoms. The summed E-state index contributed by atoms with van der Waals surface area (Å²) in [5.41, 5.74) is 2.65. The van der Waals surface area contributed by atoms with Crippen LogP contribution in [0.3, 0.4) is 0 Å². The van der Waals surface area contributed by atoms with E-state index < -0.39 is 5.97 Å². The van der Waals surface area contributed by atoms with E-state index in [1.54, 1.807) is 26.3 Å². The van der Waals surface area contributed by atoms with Gasteiger partial charge in [-0.3, -0.25) is 9.59 Å². The number of ether oxygens (including phenoxy) is 3. The SMILES string of the molecule is COCCOc1ccc2c(c1)C(C)C(C(Nc1ccc(C(=O)N(C)CCC(=O)O)cc1)C1CCCCC1)O2. The molecule has 206 valence electrons. The summed E-state index contributed by atoms with van der Waals surface area (Å²) in [6.07, 6.45) is 5.96. The lowest BCUT2D eigenvalue weighted by Gasteiger charge is -2.36. The number of anilines is 1. The molecular weight excluding hydrogens is 484 g/mol. The minimum absolute atomic E-state index is 0.0224. The zero-order valence-corrected chi connectivity index (χ0v) is 22.7. The van der Waals surface area contributed by atoms with Gasteiger partial charge in [0, 0.05) is 43.4 Å². The van der Waals surface area contributed by atoms with Crippen molar-refractivity contribution in [1.82, 2.24) is 4.90 Å². The van der Waals surface area contributed by atoms with Crippen LogP contribution in [-0.4, -0.2) is 67.9 Å². The van der Waals surface area contributed by atoms with E-state index in [0.29, 0.717) is 24.7 Å². The highest BCUT2D eigenvalue weighted by atomic mass is 16.5. The standard InChI is InChI=1S/C30H40N2O6/c1-20-25-19-24(37-18-17-36-3)13-14-26(25)38-29(20)28(21-7-5-4-6-8-21)31-23-11-9-22(10-12-23)30(35)32(2)16-15-27(33)34/h9-14,19-21,28-29,31H,4-8,15-18H2,1-3H3,(H,33,34). The van der Waals surface area contributed by atoms with Crippen LogP contribution in [0.4, 0.5) is 5.69 Å². The molecule has 1 fully saturated rings. The molecule has 3 atom stereocenters. The van der Waals surface area contributed by atoms with E-state index in [-0.39, 0.29) is 36.9 Å². The van der Waals surface area contributed by atoms with E-state index in [2.05, 4.69) is 18.3 Å². The fourth-order valence-electron chi connectivity index (χ4n) is 5.58. The Kier molecular flexibility index (Phi) is 9.50. The molecule has 1 heterocycles. The highest BCUT2D eigenvalue weighted by molar-refractivity contribution is 5.94. The number of hydrogen-bond acceptors (Lipinski definition) is 6. The molecule has 8 nitrogen and oxygen atoms in total. The number of carboxylic acid groups (broad SMARTS) is 1. The number of carbonyl (C=O) groups is 2. The smallest absolute Gasteiger partial charge is 0.305 e. The van der Waals surface area contributed by atoms with Crippen molar-refractivity contribution in [2.75, 3.05) is 39.2 Å². The number of hydrogen-bond donors (Lipinski definition) is 2. The lowest BCUT2D eigenvalue weighted by Crippen LogP contribution is -2.44. The molecule has 0 aromatic heterocycles. The monoisotopic (exact) mass is 524 g/mol. The molecule has 38 heavy (non-hydrogen) atoms. The summed E-state index contributed by atoms with van der Waals surface area (Å²) in [5.74, 6) is 1.32. The number of amides is 1. The molecule has 0 radical (unpaired) electrons. The zero-order valence-electron chi connectivity index (χ0n) is 22.7. The van der Waals surface area contributed by atoms with Gasteiger partial charge in [0.1, 0.15) is 24.2 Å². The Labute approximate surface area is 225 Å². The largest absolute Gasteiger partial charge is 0.491 e. The zero-order chi connectivity index (χ0) is 27.1. The molecule has 1 aliphatic heterocycles. The van der Waals surface area contributed by atoms with Crippen LogP contribution in [0.25, 0.3) is 0 Å². The molecule has 1 amide bonds. The van der Waals surface area contributed by atoms with Crippen LogP contribution in [0, 0.1) is 5.92 Å². The third kappa shape index (κ3) is 6.78. The van der Waals surface area contributed by atoms with Crippen molar-refractivity contribution >= 4 is 17.6 Å². The summed E-state index contributed by atoms with van der Waals surface area (Å²) in [5, 5.41) is 12.7. The van der Waals surface area contributed by atoms with E-state index in [9.17, 15) is 9.59 Å². The van der Waals surface area contributed by atoms with E-state index in [1.807, 2.05) is 24.3 Å². The van der Waals surface area contributed by atoms with E-state index >= 15 is 0 Å². The molecule has 2 aliphatic rings. The lowest BCUT2D eigenvalue weighted by molar-refractivity contribution is -0.137. The van der Waals surface area contributed by atoms with Crippen molar-refractivity contribution < 1.29 is 28.9 Å². The van der Waals surface area contributed by atoms with Gasteiger partial charge < -0.3 is 29.5 Å². The van der Waals surface area contributed by atoms with Gasteiger partial charge in [-0.2, -0.15) is 0 Å². The summed E-state index contributed by atoms with van der Waals surface area (Å²) < 4.78 is 17.5. The number of benzene rings is 2. The minimum atomic E-state index is -0.918. The number of rotatable bonds is 12. The number of aliphatic carboxylic acids is 1. The molecule has 0 saturated heterocycles. The molecule has 8 heteroatoms. The average Bonchev–Trinajstić information content (AvgIpc) is 3.26. The Hall–Kier alpha value is -3.26. The highest BCUT2D eigenvalue weighted by Crippen LogP contribution is 2.44. The quantitative estimate of drug-likeness (QED) is 0.369. The second-order valence-corrected chi connectivity index (χ2v) is 10.4. The van der Waals surface area contributed by atoms with E-state index in [4.69, 9.17) is 19.3 Å². The maximum atomic E-state index is 12.7. The van der Waals surface area contributed by atoms with Crippen LogP contribution < -0.4 is 14.8 Å². The van der Waals surface area contributed by atoms with Crippen LogP contribution in [0.5, 0.6) is 11.5 Å². The molecule has 0 bridgehead atoms. The van der Waals surface area contributed by atoms with Gasteiger partial charge in [-0.25, -0.2) is 0 Å². The van der Waals surface area contributed by atoms with Crippen molar-refractivity contribution in [3.05, 3.63) is 53.6 Å². The van der Waals surface area contributed by atoms with Crippen molar-refractivity contribution in [3.8, 4) is 11.5 Å². The first kappa shape index (κ1) is 27.8. The Morgan fingerprint density at radius 2 is 1.84 bits per heavy atom. The second kappa shape index (κ2) is 13.0. The van der Waals surface area contributed by atoms with Crippen LogP contribution in [0.2, 0.25) is 0 Å². The van der Waals surface area contributed by atoms with Gasteiger partial charge in [0.15, 0.2) is 0 Å². The Morgan fingerprint density at radius 3 is 2.53 bits per heavy atom. The van der Waals surface area contributed by atoms with Crippen LogP contribution >= 0.6 is 0 Å². The summed E-state index contributed by atoms with van der Waals surface area (Å²) in [6.45, 7) is 3.45. The molecule has 1 saturated carbocycles. The van der Waals surface area contributed by atoms with Gasteiger partial charge >= 0.3 is 5.97 Å². The summed E-state index contributed by atoms with van der Waals surface area (Å²) >= 11 is 0. The lowest BCUT2D eigenvalue weighted by atomic mass is 9.78. The molecule has 3 unspecified atom stereocenters. The summed E-state index contributed by atoms with van der Waals surface area (Å²) in [4.78, 5) is 25.0. The molecule has 1 aliphatic carbocycles. The molecular formula is C30H40N2O6. The first-order valence-corrected chi connectivity index (χ1v) is 13.6. The first-order chi connectivity index (χ1) is 18.4. The molecule has 2 aromatic rings. The maximum Gasteiger partial charge on any atom is 0.305 e. The predicted molar refractivity (Wildman–Crippen MR) is 146 cm³/mol.